The second kappa shape index (κ2) is 7.50. The van der Waals surface area contributed by atoms with Gasteiger partial charge in [-0.3, -0.25) is 0 Å². The number of carbonyl (C=O) groups excluding carboxylic acids is 1. The smallest absolute Gasteiger partial charge is 0.373 e. The molecule has 0 bridgehead atoms. The van der Waals surface area contributed by atoms with Crippen LogP contribution in [-0.2, 0) is 17.8 Å². The maximum atomic E-state index is 11.3. The van der Waals surface area contributed by atoms with Crippen molar-refractivity contribution in [1.29, 1.82) is 0 Å². The Balaban J connectivity index is 1.93. The van der Waals surface area contributed by atoms with Crippen molar-refractivity contribution in [3.8, 4) is 5.75 Å². The Kier molecular flexibility index (Phi) is 5.40. The van der Waals surface area contributed by atoms with Gasteiger partial charge < -0.3 is 19.6 Å². The molecular weight excluding hydrogens is 270 g/mol. The molecule has 1 heterocycles. The van der Waals surface area contributed by atoms with Gasteiger partial charge in [-0.2, -0.15) is 0 Å². The van der Waals surface area contributed by atoms with Crippen LogP contribution in [0.1, 0.15) is 28.3 Å². The van der Waals surface area contributed by atoms with Gasteiger partial charge in [0.25, 0.3) is 0 Å². The average molecular weight is 289 g/mol. The van der Waals surface area contributed by atoms with Gasteiger partial charge in [-0.05, 0) is 49.2 Å². The highest BCUT2D eigenvalue weighted by molar-refractivity contribution is 5.86. The molecule has 0 saturated carbocycles. The molecule has 2 aromatic rings. The van der Waals surface area contributed by atoms with Crippen LogP contribution < -0.4 is 10.5 Å². The first-order valence-corrected chi connectivity index (χ1v) is 6.81. The first kappa shape index (κ1) is 15.1. The van der Waals surface area contributed by atoms with Crippen molar-refractivity contribution in [3.05, 3.63) is 53.5 Å². The maximum Gasteiger partial charge on any atom is 0.373 e. The molecular formula is C16H19NO4. The molecule has 0 aliphatic rings. The highest BCUT2D eigenvalue weighted by atomic mass is 16.5. The van der Waals surface area contributed by atoms with Crippen molar-refractivity contribution in [2.45, 2.75) is 19.4 Å². The number of methoxy groups -OCH3 is 1. The normalized spacial score (nSPS) is 10.4. The number of furan rings is 1. The van der Waals surface area contributed by atoms with Gasteiger partial charge in [0, 0.05) is 0 Å². The molecule has 0 amide bonds. The fourth-order valence-electron chi connectivity index (χ4n) is 1.92. The summed E-state index contributed by atoms with van der Waals surface area (Å²) in [4.78, 5) is 11.3. The molecule has 21 heavy (non-hydrogen) atoms. The zero-order valence-electron chi connectivity index (χ0n) is 12.0. The summed E-state index contributed by atoms with van der Waals surface area (Å²) in [5, 5.41) is 0. The minimum Gasteiger partial charge on any atom is -0.486 e. The molecule has 0 saturated heterocycles. The summed E-state index contributed by atoms with van der Waals surface area (Å²) in [6.07, 6.45) is 1.88. The molecule has 0 spiro atoms. The SMILES string of the molecule is COC(=O)c1ccc(COc2cccc(CCCN)c2)o1. The molecule has 112 valence electrons. The molecule has 0 radical (unpaired) electrons. The summed E-state index contributed by atoms with van der Waals surface area (Å²) in [7, 11) is 1.31. The molecule has 2 rings (SSSR count). The lowest BCUT2D eigenvalue weighted by Gasteiger charge is -2.06. The number of ether oxygens (including phenoxy) is 2. The number of carbonyl (C=O) groups is 1. The third-order valence-electron chi connectivity index (χ3n) is 3.00. The Hall–Kier alpha value is -2.27. The number of esters is 1. The van der Waals surface area contributed by atoms with Crippen LogP contribution in [0.2, 0.25) is 0 Å². The highest BCUT2D eigenvalue weighted by Crippen LogP contribution is 2.17. The summed E-state index contributed by atoms with van der Waals surface area (Å²) in [6.45, 7) is 0.936. The predicted molar refractivity (Wildman–Crippen MR) is 78.2 cm³/mol. The van der Waals surface area contributed by atoms with Gasteiger partial charge in [0.05, 0.1) is 7.11 Å². The van der Waals surface area contributed by atoms with E-state index in [0.717, 1.165) is 18.6 Å². The van der Waals surface area contributed by atoms with Crippen molar-refractivity contribution >= 4 is 5.97 Å². The topological polar surface area (TPSA) is 74.7 Å². The third kappa shape index (κ3) is 4.36. The van der Waals surface area contributed by atoms with Crippen LogP contribution in [-0.4, -0.2) is 19.6 Å². The van der Waals surface area contributed by atoms with E-state index in [-0.39, 0.29) is 12.4 Å². The van der Waals surface area contributed by atoms with E-state index < -0.39 is 5.97 Å². The maximum absolute atomic E-state index is 11.3. The Bertz CT molecular complexity index is 591. The molecule has 0 fully saturated rings. The highest BCUT2D eigenvalue weighted by Gasteiger charge is 2.11. The van der Waals surface area contributed by atoms with E-state index >= 15 is 0 Å². The van der Waals surface area contributed by atoms with Crippen molar-refractivity contribution in [3.63, 3.8) is 0 Å². The molecule has 0 aliphatic heterocycles. The van der Waals surface area contributed by atoms with Crippen molar-refractivity contribution in [1.82, 2.24) is 0 Å². The lowest BCUT2D eigenvalue weighted by molar-refractivity contribution is 0.0561. The van der Waals surface area contributed by atoms with Crippen molar-refractivity contribution in [2.75, 3.05) is 13.7 Å². The molecule has 0 aliphatic carbocycles. The van der Waals surface area contributed by atoms with Gasteiger partial charge in [0.2, 0.25) is 5.76 Å². The van der Waals surface area contributed by atoms with E-state index in [2.05, 4.69) is 4.74 Å². The largest absolute Gasteiger partial charge is 0.486 e. The zero-order valence-corrected chi connectivity index (χ0v) is 12.0. The van der Waals surface area contributed by atoms with E-state index in [4.69, 9.17) is 14.9 Å². The van der Waals surface area contributed by atoms with Gasteiger partial charge in [-0.15, -0.1) is 0 Å². The van der Waals surface area contributed by atoms with Gasteiger partial charge in [0.15, 0.2) is 0 Å². The summed E-state index contributed by atoms with van der Waals surface area (Å²) in [5.74, 6) is 1.01. The number of nitrogens with two attached hydrogens (primary N) is 1. The molecule has 2 N–H and O–H groups in total. The van der Waals surface area contributed by atoms with E-state index in [9.17, 15) is 4.79 Å². The van der Waals surface area contributed by atoms with Crippen LogP contribution in [0.5, 0.6) is 5.75 Å². The Labute approximate surface area is 123 Å². The second-order valence-electron chi connectivity index (χ2n) is 4.59. The minimum absolute atomic E-state index is 0.174. The number of aryl methyl sites for hydroxylation is 1. The zero-order chi connectivity index (χ0) is 15.1. The lowest BCUT2D eigenvalue weighted by atomic mass is 10.1. The van der Waals surface area contributed by atoms with Crippen LogP contribution in [0.3, 0.4) is 0 Å². The molecule has 0 unspecified atom stereocenters. The van der Waals surface area contributed by atoms with Gasteiger partial charge in [-0.1, -0.05) is 12.1 Å². The minimum atomic E-state index is -0.495. The first-order valence-electron chi connectivity index (χ1n) is 6.81. The van der Waals surface area contributed by atoms with Crippen molar-refractivity contribution in [2.24, 2.45) is 5.73 Å². The van der Waals surface area contributed by atoms with Crippen LogP contribution in [0, 0.1) is 0 Å². The fourth-order valence-corrected chi connectivity index (χ4v) is 1.92. The summed E-state index contributed by atoms with van der Waals surface area (Å²) in [6, 6.07) is 11.1. The Morgan fingerprint density at radius 3 is 2.90 bits per heavy atom. The monoisotopic (exact) mass is 289 g/mol. The van der Waals surface area contributed by atoms with Crippen LogP contribution in [0.25, 0.3) is 0 Å². The van der Waals surface area contributed by atoms with E-state index in [1.807, 2.05) is 24.3 Å². The molecule has 1 aromatic carbocycles. The van der Waals surface area contributed by atoms with Crippen LogP contribution in [0.4, 0.5) is 0 Å². The van der Waals surface area contributed by atoms with Gasteiger partial charge in [-0.25, -0.2) is 4.79 Å². The van der Waals surface area contributed by atoms with E-state index in [0.29, 0.717) is 12.3 Å². The summed E-state index contributed by atoms with van der Waals surface area (Å²) < 4.78 is 15.6. The Morgan fingerprint density at radius 2 is 2.14 bits per heavy atom. The Morgan fingerprint density at radius 1 is 1.29 bits per heavy atom. The first-order chi connectivity index (χ1) is 10.2. The molecule has 0 atom stereocenters. The second-order valence-corrected chi connectivity index (χ2v) is 4.59. The van der Waals surface area contributed by atoms with E-state index in [1.165, 1.54) is 12.7 Å². The van der Waals surface area contributed by atoms with Crippen molar-refractivity contribution < 1.29 is 18.7 Å². The predicted octanol–water partition coefficient (Wildman–Crippen LogP) is 2.54. The molecule has 5 heteroatoms. The average Bonchev–Trinajstić information content (AvgIpc) is 2.99. The van der Waals surface area contributed by atoms with E-state index in [1.54, 1.807) is 12.1 Å². The lowest BCUT2D eigenvalue weighted by Crippen LogP contribution is -2.01. The summed E-state index contributed by atoms with van der Waals surface area (Å²) >= 11 is 0. The molecule has 5 nitrogen and oxygen atoms in total. The van der Waals surface area contributed by atoms with Crippen LogP contribution in [0.15, 0.2) is 40.8 Å². The fraction of sp³-hybridized carbons (Fsp3) is 0.312. The number of hydrogen-bond acceptors (Lipinski definition) is 5. The van der Waals surface area contributed by atoms with Crippen LogP contribution >= 0.6 is 0 Å². The van der Waals surface area contributed by atoms with Gasteiger partial charge in [0.1, 0.15) is 18.1 Å². The summed E-state index contributed by atoms with van der Waals surface area (Å²) in [5.41, 5.74) is 6.69. The number of hydrogen-bond donors (Lipinski definition) is 1. The quantitative estimate of drug-likeness (QED) is 0.793. The number of benzene rings is 1. The standard InChI is InChI=1S/C16H19NO4/c1-19-16(18)15-8-7-14(21-15)11-20-13-6-2-4-12(10-13)5-3-9-17/h2,4,6-8,10H,3,5,9,11,17H2,1H3. The third-order valence-corrected chi connectivity index (χ3v) is 3.00. The molecule has 1 aromatic heterocycles. The van der Waals surface area contributed by atoms with Gasteiger partial charge >= 0.3 is 5.97 Å². The number of rotatable bonds is 7.